The van der Waals surface area contributed by atoms with E-state index in [4.69, 9.17) is 5.26 Å². The minimum Gasteiger partial charge on any atom is -0.228 e. The number of benzene rings is 1. The van der Waals surface area contributed by atoms with Gasteiger partial charge >= 0.3 is 0 Å². The van der Waals surface area contributed by atoms with Gasteiger partial charge < -0.3 is 0 Å². The van der Waals surface area contributed by atoms with Crippen molar-refractivity contribution in [2.45, 2.75) is 43.1 Å². The van der Waals surface area contributed by atoms with E-state index in [9.17, 15) is 8.42 Å². The van der Waals surface area contributed by atoms with Crippen molar-refractivity contribution in [1.82, 2.24) is 0 Å². The number of nitriles is 1. The van der Waals surface area contributed by atoms with Gasteiger partial charge in [0.1, 0.15) is 0 Å². The molecule has 2 aliphatic rings. The summed E-state index contributed by atoms with van der Waals surface area (Å²) in [6.45, 7) is 1.94. The van der Waals surface area contributed by atoms with Gasteiger partial charge in [-0.15, -0.1) is 0 Å². The molecule has 2 unspecified atom stereocenters. The number of hydrogen-bond acceptors (Lipinski definition) is 3. The smallest absolute Gasteiger partial charge is 0.159 e. The Bertz CT molecular complexity index is 725. The molecule has 4 heteroatoms. The van der Waals surface area contributed by atoms with E-state index >= 15 is 0 Å². The number of fused-ring (bicyclic) bond motifs is 2. The molecule has 0 aromatic heterocycles. The molecule has 20 heavy (non-hydrogen) atoms. The summed E-state index contributed by atoms with van der Waals surface area (Å²) in [5.41, 5.74) is 3.76. The van der Waals surface area contributed by atoms with Gasteiger partial charge in [-0.25, -0.2) is 8.42 Å². The summed E-state index contributed by atoms with van der Waals surface area (Å²) >= 11 is 0. The molecule has 2 atom stereocenters. The molecule has 3 nitrogen and oxygen atoms in total. The predicted octanol–water partition coefficient (Wildman–Crippen LogP) is 2.99. The van der Waals surface area contributed by atoms with E-state index in [1.54, 1.807) is 6.07 Å². The second kappa shape index (κ2) is 4.75. The zero-order valence-electron chi connectivity index (χ0n) is 11.5. The summed E-state index contributed by atoms with van der Waals surface area (Å²) in [7, 11) is -2.98. The molecule has 2 heterocycles. The third kappa shape index (κ3) is 1.97. The lowest BCUT2D eigenvalue weighted by Gasteiger charge is -2.33. The average Bonchev–Trinajstić information content (AvgIpc) is 2.38. The summed E-state index contributed by atoms with van der Waals surface area (Å²) in [4.78, 5) is 0. The zero-order chi connectivity index (χ0) is 14.3. The maximum Gasteiger partial charge on any atom is 0.159 e. The lowest BCUT2D eigenvalue weighted by molar-refractivity contribution is 0.518. The minimum atomic E-state index is -2.98. The van der Waals surface area contributed by atoms with Gasteiger partial charge in [-0.3, -0.25) is 0 Å². The van der Waals surface area contributed by atoms with Crippen molar-refractivity contribution in [2.24, 2.45) is 0 Å². The van der Waals surface area contributed by atoms with Crippen molar-refractivity contribution >= 4 is 15.4 Å². The Morgan fingerprint density at radius 3 is 2.80 bits per heavy atom. The standard InChI is InChI=1S/C16H17NO2S/c1-11-12(10-17)4-2-7-16(11)13-8-14-5-3-6-15(9-13)20(14,18)19/h2,4,7-8,14-15H,3,5-6,9H2,1H3. The third-order valence-corrected chi connectivity index (χ3v) is 7.08. The fourth-order valence-corrected chi connectivity index (χ4v) is 5.61. The molecule has 0 saturated carbocycles. The highest BCUT2D eigenvalue weighted by molar-refractivity contribution is 7.93. The van der Waals surface area contributed by atoms with Crippen LogP contribution in [-0.4, -0.2) is 18.9 Å². The van der Waals surface area contributed by atoms with E-state index in [1.165, 1.54) is 0 Å². The van der Waals surface area contributed by atoms with E-state index in [0.29, 0.717) is 12.0 Å². The number of nitrogens with zero attached hydrogens (tertiary/aromatic N) is 1. The van der Waals surface area contributed by atoms with Gasteiger partial charge in [0, 0.05) is 0 Å². The van der Waals surface area contributed by atoms with E-state index in [0.717, 1.165) is 36.0 Å². The van der Waals surface area contributed by atoms with Gasteiger partial charge in [-0.2, -0.15) is 5.26 Å². The number of hydrogen-bond donors (Lipinski definition) is 0. The predicted molar refractivity (Wildman–Crippen MR) is 78.8 cm³/mol. The molecule has 2 aliphatic heterocycles. The van der Waals surface area contributed by atoms with Crippen LogP contribution in [0.15, 0.2) is 24.3 Å². The molecule has 104 valence electrons. The highest BCUT2D eigenvalue weighted by Gasteiger charge is 2.40. The highest BCUT2D eigenvalue weighted by Crippen LogP contribution is 2.40. The van der Waals surface area contributed by atoms with Crippen molar-refractivity contribution in [3.8, 4) is 6.07 Å². The Labute approximate surface area is 119 Å². The third-order valence-electron chi connectivity index (χ3n) is 4.54. The quantitative estimate of drug-likeness (QED) is 0.798. The average molecular weight is 287 g/mol. The van der Waals surface area contributed by atoms with Crippen LogP contribution in [0, 0.1) is 18.3 Å². The zero-order valence-corrected chi connectivity index (χ0v) is 12.3. The van der Waals surface area contributed by atoms with Crippen LogP contribution in [-0.2, 0) is 9.84 Å². The first-order chi connectivity index (χ1) is 9.54. The SMILES string of the molecule is Cc1c(C#N)cccc1C1=CC2CCCC(C1)S2(=O)=O. The van der Waals surface area contributed by atoms with Gasteiger partial charge in [0.2, 0.25) is 0 Å². The Balaban J connectivity index is 2.09. The first-order valence-corrected chi connectivity index (χ1v) is 8.58. The summed E-state index contributed by atoms with van der Waals surface area (Å²) in [5, 5.41) is 8.57. The van der Waals surface area contributed by atoms with Crippen molar-refractivity contribution < 1.29 is 8.42 Å². The topological polar surface area (TPSA) is 57.9 Å². The first-order valence-electron chi connectivity index (χ1n) is 6.97. The maximum atomic E-state index is 12.3. The number of sulfone groups is 1. The van der Waals surface area contributed by atoms with Crippen LogP contribution in [0.5, 0.6) is 0 Å². The van der Waals surface area contributed by atoms with Crippen LogP contribution >= 0.6 is 0 Å². The fourth-order valence-electron chi connectivity index (χ4n) is 3.36. The molecular weight excluding hydrogens is 270 g/mol. The van der Waals surface area contributed by atoms with Gasteiger partial charge in [0.25, 0.3) is 0 Å². The fraction of sp³-hybridized carbons (Fsp3) is 0.438. The maximum absolute atomic E-state index is 12.3. The van der Waals surface area contributed by atoms with Gasteiger partial charge in [0.05, 0.1) is 22.1 Å². The summed E-state index contributed by atoms with van der Waals surface area (Å²) in [5.74, 6) is 0. The molecule has 0 spiro atoms. The largest absolute Gasteiger partial charge is 0.228 e. The highest BCUT2D eigenvalue weighted by atomic mass is 32.2. The second-order valence-electron chi connectivity index (χ2n) is 5.67. The Morgan fingerprint density at radius 2 is 2.10 bits per heavy atom. The van der Waals surface area contributed by atoms with Crippen molar-refractivity contribution in [3.63, 3.8) is 0 Å². The lowest BCUT2D eigenvalue weighted by atomic mass is 9.89. The Morgan fingerprint density at radius 1 is 1.30 bits per heavy atom. The van der Waals surface area contributed by atoms with Crippen LogP contribution in [0.1, 0.15) is 42.4 Å². The second-order valence-corrected chi connectivity index (χ2v) is 8.12. The molecule has 1 aromatic carbocycles. The Kier molecular flexibility index (Phi) is 3.18. The van der Waals surface area contributed by atoms with Crippen LogP contribution in [0.2, 0.25) is 0 Å². The van der Waals surface area contributed by atoms with Gasteiger partial charge in [-0.05, 0) is 49.0 Å². The van der Waals surface area contributed by atoms with Crippen molar-refractivity contribution in [1.29, 1.82) is 5.26 Å². The monoisotopic (exact) mass is 287 g/mol. The van der Waals surface area contributed by atoms with Crippen molar-refractivity contribution in [2.75, 3.05) is 0 Å². The normalized spacial score (nSPS) is 27.5. The van der Waals surface area contributed by atoms with Crippen LogP contribution < -0.4 is 0 Å². The van der Waals surface area contributed by atoms with Crippen molar-refractivity contribution in [3.05, 3.63) is 41.0 Å². The molecule has 1 saturated heterocycles. The van der Waals surface area contributed by atoms with Crippen LogP contribution in [0.3, 0.4) is 0 Å². The van der Waals surface area contributed by atoms with Gasteiger partial charge in [-0.1, -0.05) is 24.6 Å². The Hall–Kier alpha value is -1.60. The summed E-state index contributed by atoms with van der Waals surface area (Å²) in [6, 6.07) is 7.87. The molecule has 0 N–H and O–H groups in total. The van der Waals surface area contributed by atoms with E-state index in [1.807, 2.05) is 25.1 Å². The molecular formula is C16H17NO2S. The number of allylic oxidation sites excluding steroid dienone is 1. The molecule has 2 bridgehead atoms. The van der Waals surface area contributed by atoms with Crippen LogP contribution in [0.4, 0.5) is 0 Å². The van der Waals surface area contributed by atoms with Gasteiger partial charge in [0.15, 0.2) is 9.84 Å². The lowest BCUT2D eigenvalue weighted by Crippen LogP contribution is -2.38. The molecule has 1 aromatic rings. The van der Waals surface area contributed by atoms with E-state index < -0.39 is 9.84 Å². The first kappa shape index (κ1) is 13.4. The minimum absolute atomic E-state index is 0.230. The summed E-state index contributed by atoms with van der Waals surface area (Å²) < 4.78 is 24.6. The molecule has 0 radical (unpaired) electrons. The van der Waals surface area contributed by atoms with E-state index in [-0.39, 0.29) is 10.5 Å². The van der Waals surface area contributed by atoms with Crippen LogP contribution in [0.25, 0.3) is 5.57 Å². The molecule has 3 rings (SSSR count). The molecule has 0 amide bonds. The molecule has 0 aliphatic carbocycles. The summed E-state index contributed by atoms with van der Waals surface area (Å²) in [6.07, 6.45) is 5.02. The number of rotatable bonds is 1. The molecule has 1 fully saturated rings. The van der Waals surface area contributed by atoms with E-state index in [2.05, 4.69) is 6.07 Å².